The molecule has 0 aliphatic heterocycles. The minimum absolute atomic E-state index is 0.532. The molecule has 1 heterocycles. The summed E-state index contributed by atoms with van der Waals surface area (Å²) in [5.41, 5.74) is 6.84. The third-order valence-electron chi connectivity index (χ3n) is 2.44. The van der Waals surface area contributed by atoms with Gasteiger partial charge in [0.15, 0.2) is 0 Å². The number of hydrogen-bond acceptors (Lipinski definition) is 4. The fourth-order valence-corrected chi connectivity index (χ4v) is 2.51. The predicted octanol–water partition coefficient (Wildman–Crippen LogP) is 3.04. The molecular weight excluding hydrogens is 234 g/mol. The largest absolute Gasteiger partial charge is 0.497 e. The third-order valence-corrected chi connectivity index (χ3v) is 3.56. The summed E-state index contributed by atoms with van der Waals surface area (Å²) in [5, 5.41) is 0. The van der Waals surface area contributed by atoms with Crippen LogP contribution in [0.2, 0.25) is 0 Å². The summed E-state index contributed by atoms with van der Waals surface area (Å²) in [6, 6.07) is 9.80. The Morgan fingerprint density at radius 1 is 1.35 bits per heavy atom. The molecule has 0 amide bonds. The Morgan fingerprint density at radius 3 is 2.88 bits per heavy atom. The van der Waals surface area contributed by atoms with Crippen molar-refractivity contribution < 1.29 is 9.15 Å². The second-order valence-electron chi connectivity index (χ2n) is 3.55. The van der Waals surface area contributed by atoms with Gasteiger partial charge in [-0.1, -0.05) is 6.07 Å². The number of ether oxygens (including phenoxy) is 1. The van der Waals surface area contributed by atoms with Crippen molar-refractivity contribution in [1.29, 1.82) is 0 Å². The van der Waals surface area contributed by atoms with E-state index in [1.165, 1.54) is 0 Å². The highest BCUT2D eigenvalue weighted by molar-refractivity contribution is 7.98. The molecule has 0 saturated heterocycles. The molecule has 0 bridgehead atoms. The number of methoxy groups -OCH3 is 1. The molecule has 0 spiro atoms. The lowest BCUT2D eigenvalue weighted by Crippen LogP contribution is -1.98. The highest BCUT2D eigenvalue weighted by atomic mass is 32.2. The molecule has 2 N–H and O–H groups in total. The quantitative estimate of drug-likeness (QED) is 0.827. The van der Waals surface area contributed by atoms with Crippen LogP contribution in [0.5, 0.6) is 5.75 Å². The monoisotopic (exact) mass is 249 g/mol. The van der Waals surface area contributed by atoms with Crippen LogP contribution in [-0.4, -0.2) is 7.11 Å². The molecule has 0 aliphatic carbocycles. The molecule has 0 radical (unpaired) electrons. The van der Waals surface area contributed by atoms with Crippen LogP contribution in [0.4, 0.5) is 0 Å². The number of hydrogen-bond donors (Lipinski definition) is 1. The SMILES string of the molecule is COc1ccc(CN)c(SCc2ccco2)c1. The first kappa shape index (κ1) is 12.1. The predicted molar refractivity (Wildman–Crippen MR) is 69.2 cm³/mol. The van der Waals surface area contributed by atoms with Crippen molar-refractivity contribution in [1.82, 2.24) is 0 Å². The average molecular weight is 249 g/mol. The molecule has 0 saturated carbocycles. The highest BCUT2D eigenvalue weighted by Gasteiger charge is 2.05. The standard InChI is InChI=1S/C13H15NO2S/c1-15-11-5-4-10(8-14)13(7-11)17-9-12-3-2-6-16-12/h2-7H,8-9,14H2,1H3. The fraction of sp³-hybridized carbons (Fsp3) is 0.231. The number of thioether (sulfide) groups is 1. The Bertz CT molecular complexity index is 468. The molecule has 17 heavy (non-hydrogen) atoms. The van der Waals surface area contributed by atoms with Gasteiger partial charge in [-0.3, -0.25) is 0 Å². The van der Waals surface area contributed by atoms with Crippen LogP contribution in [0.1, 0.15) is 11.3 Å². The van der Waals surface area contributed by atoms with Gasteiger partial charge in [0.25, 0.3) is 0 Å². The minimum Gasteiger partial charge on any atom is -0.497 e. The second kappa shape index (κ2) is 5.80. The van der Waals surface area contributed by atoms with Crippen LogP contribution in [-0.2, 0) is 12.3 Å². The zero-order valence-corrected chi connectivity index (χ0v) is 10.5. The summed E-state index contributed by atoms with van der Waals surface area (Å²) >= 11 is 1.71. The Labute approximate surface area is 105 Å². The van der Waals surface area contributed by atoms with Crippen molar-refractivity contribution in [2.24, 2.45) is 5.73 Å². The highest BCUT2D eigenvalue weighted by Crippen LogP contribution is 2.29. The van der Waals surface area contributed by atoms with E-state index in [2.05, 4.69) is 0 Å². The van der Waals surface area contributed by atoms with Gasteiger partial charge in [0.05, 0.1) is 19.1 Å². The van der Waals surface area contributed by atoms with E-state index >= 15 is 0 Å². The van der Waals surface area contributed by atoms with E-state index in [4.69, 9.17) is 14.9 Å². The van der Waals surface area contributed by atoms with Crippen molar-refractivity contribution in [2.75, 3.05) is 7.11 Å². The van der Waals surface area contributed by atoms with Crippen molar-refractivity contribution in [2.45, 2.75) is 17.2 Å². The van der Waals surface area contributed by atoms with Gasteiger partial charge in [-0.05, 0) is 29.8 Å². The number of nitrogens with two attached hydrogens (primary N) is 1. The summed E-state index contributed by atoms with van der Waals surface area (Å²) in [5.74, 6) is 2.61. The van der Waals surface area contributed by atoms with E-state index in [9.17, 15) is 0 Å². The van der Waals surface area contributed by atoms with Gasteiger partial charge >= 0.3 is 0 Å². The average Bonchev–Trinajstić information content (AvgIpc) is 2.89. The molecule has 0 fully saturated rings. The van der Waals surface area contributed by atoms with Crippen molar-refractivity contribution in [3.8, 4) is 5.75 Å². The molecule has 0 atom stereocenters. The molecule has 2 rings (SSSR count). The van der Waals surface area contributed by atoms with Crippen LogP contribution in [0, 0.1) is 0 Å². The van der Waals surface area contributed by atoms with Gasteiger partial charge in [-0.2, -0.15) is 0 Å². The van der Waals surface area contributed by atoms with Gasteiger partial charge in [-0.25, -0.2) is 0 Å². The minimum atomic E-state index is 0.532. The zero-order chi connectivity index (χ0) is 12.1. The van der Waals surface area contributed by atoms with Gasteiger partial charge in [0, 0.05) is 11.4 Å². The van der Waals surface area contributed by atoms with E-state index in [0.717, 1.165) is 27.7 Å². The normalized spacial score (nSPS) is 10.5. The Balaban J connectivity index is 2.12. The summed E-state index contributed by atoms with van der Waals surface area (Å²) < 4.78 is 10.5. The maximum Gasteiger partial charge on any atom is 0.119 e. The van der Waals surface area contributed by atoms with E-state index in [1.54, 1.807) is 25.1 Å². The van der Waals surface area contributed by atoms with E-state index < -0.39 is 0 Å². The molecule has 0 unspecified atom stereocenters. The number of benzene rings is 1. The molecule has 2 aromatic rings. The summed E-state index contributed by atoms with van der Waals surface area (Å²) in [4.78, 5) is 1.14. The third kappa shape index (κ3) is 3.05. The molecule has 1 aromatic heterocycles. The van der Waals surface area contributed by atoms with Crippen molar-refractivity contribution >= 4 is 11.8 Å². The molecule has 90 valence electrons. The molecule has 0 aliphatic rings. The fourth-order valence-electron chi connectivity index (χ4n) is 1.51. The van der Waals surface area contributed by atoms with Crippen molar-refractivity contribution in [3.63, 3.8) is 0 Å². The Morgan fingerprint density at radius 2 is 2.24 bits per heavy atom. The van der Waals surface area contributed by atoms with E-state index in [1.807, 2.05) is 30.3 Å². The van der Waals surface area contributed by atoms with Crippen LogP contribution in [0.15, 0.2) is 45.9 Å². The van der Waals surface area contributed by atoms with Crippen LogP contribution in [0.3, 0.4) is 0 Å². The smallest absolute Gasteiger partial charge is 0.119 e. The van der Waals surface area contributed by atoms with Crippen LogP contribution in [0.25, 0.3) is 0 Å². The van der Waals surface area contributed by atoms with Gasteiger partial charge in [0.1, 0.15) is 11.5 Å². The molecule has 3 nitrogen and oxygen atoms in total. The molecule has 4 heteroatoms. The first-order valence-electron chi connectivity index (χ1n) is 5.35. The lowest BCUT2D eigenvalue weighted by Gasteiger charge is -2.08. The summed E-state index contributed by atoms with van der Waals surface area (Å²) in [7, 11) is 1.67. The first-order chi connectivity index (χ1) is 8.33. The topological polar surface area (TPSA) is 48.4 Å². The van der Waals surface area contributed by atoms with Crippen LogP contribution >= 0.6 is 11.8 Å². The summed E-state index contributed by atoms with van der Waals surface area (Å²) in [6.07, 6.45) is 1.69. The maximum absolute atomic E-state index is 5.71. The number of furan rings is 1. The lowest BCUT2D eigenvalue weighted by atomic mass is 10.2. The van der Waals surface area contributed by atoms with E-state index in [-0.39, 0.29) is 0 Å². The number of rotatable bonds is 5. The molecular formula is C13H15NO2S. The molecule has 1 aromatic carbocycles. The van der Waals surface area contributed by atoms with E-state index in [0.29, 0.717) is 6.54 Å². The first-order valence-corrected chi connectivity index (χ1v) is 6.34. The van der Waals surface area contributed by atoms with Gasteiger partial charge < -0.3 is 14.9 Å². The van der Waals surface area contributed by atoms with Gasteiger partial charge in [-0.15, -0.1) is 11.8 Å². The Hall–Kier alpha value is -1.39. The maximum atomic E-state index is 5.71. The second-order valence-corrected chi connectivity index (χ2v) is 4.56. The van der Waals surface area contributed by atoms with Crippen LogP contribution < -0.4 is 10.5 Å². The Kier molecular flexibility index (Phi) is 4.12. The zero-order valence-electron chi connectivity index (χ0n) is 9.68. The lowest BCUT2D eigenvalue weighted by molar-refractivity contribution is 0.413. The van der Waals surface area contributed by atoms with Gasteiger partial charge in [0.2, 0.25) is 0 Å². The van der Waals surface area contributed by atoms with Crippen molar-refractivity contribution in [3.05, 3.63) is 47.9 Å². The summed E-state index contributed by atoms with van der Waals surface area (Å²) in [6.45, 7) is 0.532.